The van der Waals surface area contributed by atoms with Crippen molar-refractivity contribution >= 4 is 10.1 Å². The Hall–Kier alpha value is -1.38. The molecule has 1 aromatic rings. The predicted octanol–water partition coefficient (Wildman–Crippen LogP) is 2.31. The molecule has 0 aromatic heterocycles. The lowest BCUT2D eigenvalue weighted by Gasteiger charge is -2.17. The van der Waals surface area contributed by atoms with E-state index in [2.05, 4.69) is 0 Å². The Bertz CT molecular complexity index is 518. The largest absolute Gasteiger partial charge is 0.296 e. The van der Waals surface area contributed by atoms with Crippen molar-refractivity contribution in [3.8, 4) is 6.07 Å². The molecule has 5 heteroatoms. The average Bonchev–Trinajstić information content (AvgIpc) is 2.26. The van der Waals surface area contributed by atoms with Crippen LogP contribution in [0.3, 0.4) is 0 Å². The van der Waals surface area contributed by atoms with Crippen molar-refractivity contribution in [3.05, 3.63) is 29.8 Å². The van der Waals surface area contributed by atoms with E-state index in [1.807, 2.05) is 26.8 Å². The topological polar surface area (TPSA) is 67.2 Å². The molecule has 1 rings (SSSR count). The number of rotatable bonds is 3. The van der Waals surface area contributed by atoms with E-state index in [1.165, 1.54) is 24.3 Å². The maximum absolute atomic E-state index is 11.8. The Morgan fingerprint density at radius 2 is 1.76 bits per heavy atom. The van der Waals surface area contributed by atoms with Gasteiger partial charge >= 0.3 is 0 Å². The van der Waals surface area contributed by atoms with Crippen LogP contribution in [-0.2, 0) is 14.3 Å². The van der Waals surface area contributed by atoms with E-state index in [0.29, 0.717) is 5.56 Å². The van der Waals surface area contributed by atoms with Crippen LogP contribution in [0.5, 0.6) is 0 Å². The number of benzene rings is 1. The van der Waals surface area contributed by atoms with Gasteiger partial charge in [0.1, 0.15) is 0 Å². The molecule has 0 N–H and O–H groups in total. The molecule has 0 saturated heterocycles. The van der Waals surface area contributed by atoms with E-state index in [1.54, 1.807) is 0 Å². The van der Waals surface area contributed by atoms with Crippen molar-refractivity contribution in [3.63, 3.8) is 0 Å². The molecule has 0 amide bonds. The van der Waals surface area contributed by atoms with Gasteiger partial charge in [-0.3, -0.25) is 4.18 Å². The molecule has 0 aliphatic heterocycles. The summed E-state index contributed by atoms with van der Waals surface area (Å²) in [6.45, 7) is 5.79. The van der Waals surface area contributed by atoms with Gasteiger partial charge in [-0.15, -0.1) is 0 Å². The second-order valence-electron chi connectivity index (χ2n) is 4.91. The quantitative estimate of drug-likeness (QED) is 0.775. The lowest BCUT2D eigenvalue weighted by molar-refractivity contribution is 0.203. The fraction of sp³-hybridized carbons (Fsp3) is 0.417. The first-order chi connectivity index (χ1) is 7.74. The first-order valence-electron chi connectivity index (χ1n) is 5.14. The summed E-state index contributed by atoms with van der Waals surface area (Å²) < 4.78 is 28.5. The summed E-state index contributed by atoms with van der Waals surface area (Å²) >= 11 is 0. The molecule has 17 heavy (non-hydrogen) atoms. The van der Waals surface area contributed by atoms with E-state index in [4.69, 9.17) is 9.44 Å². The molecule has 0 saturated carbocycles. The lowest BCUT2D eigenvalue weighted by atomic mass is 9.99. The van der Waals surface area contributed by atoms with E-state index in [0.717, 1.165) is 0 Å². The Labute approximate surface area is 102 Å². The summed E-state index contributed by atoms with van der Waals surface area (Å²) in [7, 11) is -3.73. The third-order valence-electron chi connectivity index (χ3n) is 1.92. The Kier molecular flexibility index (Phi) is 3.91. The van der Waals surface area contributed by atoms with Crippen LogP contribution in [0.1, 0.15) is 26.3 Å². The summed E-state index contributed by atoms with van der Waals surface area (Å²) in [4.78, 5) is 0.0701. The zero-order chi connectivity index (χ0) is 13.1. The zero-order valence-corrected chi connectivity index (χ0v) is 10.9. The zero-order valence-electron chi connectivity index (χ0n) is 10.1. The van der Waals surface area contributed by atoms with Gasteiger partial charge in [0.2, 0.25) is 0 Å². The van der Waals surface area contributed by atoms with Crippen molar-refractivity contribution in [1.82, 2.24) is 0 Å². The fourth-order valence-corrected chi connectivity index (χ4v) is 2.13. The van der Waals surface area contributed by atoms with Crippen LogP contribution in [0, 0.1) is 16.7 Å². The van der Waals surface area contributed by atoms with Crippen molar-refractivity contribution in [2.75, 3.05) is 6.61 Å². The summed E-state index contributed by atoms with van der Waals surface area (Å²) in [5.74, 6) is 0. The van der Waals surface area contributed by atoms with Crippen LogP contribution in [0.25, 0.3) is 0 Å². The Morgan fingerprint density at radius 1 is 1.24 bits per heavy atom. The van der Waals surface area contributed by atoms with Crippen LogP contribution < -0.4 is 0 Å². The van der Waals surface area contributed by atoms with Gasteiger partial charge in [0.15, 0.2) is 0 Å². The third kappa shape index (κ3) is 4.17. The highest BCUT2D eigenvalue weighted by atomic mass is 32.2. The van der Waals surface area contributed by atoms with Crippen molar-refractivity contribution in [1.29, 1.82) is 5.26 Å². The van der Waals surface area contributed by atoms with Crippen LogP contribution in [0.4, 0.5) is 0 Å². The molecular formula is C12H15NO3S. The summed E-state index contributed by atoms with van der Waals surface area (Å²) in [5, 5.41) is 8.61. The molecule has 0 unspecified atom stereocenters. The smallest absolute Gasteiger partial charge is 0.266 e. The maximum Gasteiger partial charge on any atom is 0.296 e. The van der Waals surface area contributed by atoms with E-state index in [-0.39, 0.29) is 16.9 Å². The van der Waals surface area contributed by atoms with Gasteiger partial charge in [-0.05, 0) is 29.7 Å². The molecular weight excluding hydrogens is 238 g/mol. The van der Waals surface area contributed by atoms with Crippen molar-refractivity contribution in [2.45, 2.75) is 25.7 Å². The van der Waals surface area contributed by atoms with Gasteiger partial charge < -0.3 is 0 Å². The predicted molar refractivity (Wildman–Crippen MR) is 63.7 cm³/mol. The Morgan fingerprint density at radius 3 is 2.18 bits per heavy atom. The molecule has 0 radical (unpaired) electrons. The number of nitriles is 1. The molecule has 1 aromatic carbocycles. The molecule has 0 spiro atoms. The summed E-state index contributed by atoms with van der Waals surface area (Å²) in [5.41, 5.74) is 0.194. The lowest BCUT2D eigenvalue weighted by Crippen LogP contribution is -2.18. The standard InChI is InChI=1S/C12H15NO3S/c1-12(2,3)9-16-17(14,15)11-6-4-10(8-13)5-7-11/h4-7H,9H2,1-3H3. The minimum Gasteiger partial charge on any atom is -0.266 e. The van der Waals surface area contributed by atoms with E-state index >= 15 is 0 Å². The summed E-state index contributed by atoms with van der Waals surface area (Å²) in [6.07, 6.45) is 0. The molecule has 0 heterocycles. The van der Waals surface area contributed by atoms with Crippen LogP contribution in [0.2, 0.25) is 0 Å². The van der Waals surface area contributed by atoms with Crippen LogP contribution >= 0.6 is 0 Å². The molecule has 92 valence electrons. The molecule has 4 nitrogen and oxygen atoms in total. The summed E-state index contributed by atoms with van der Waals surface area (Å²) in [6, 6.07) is 7.57. The highest BCUT2D eigenvalue weighted by Gasteiger charge is 2.19. The maximum atomic E-state index is 11.8. The number of nitrogens with zero attached hydrogens (tertiary/aromatic N) is 1. The molecule has 0 fully saturated rings. The SMILES string of the molecule is CC(C)(C)COS(=O)(=O)c1ccc(C#N)cc1. The fourth-order valence-electron chi connectivity index (χ4n) is 1.02. The first kappa shape index (κ1) is 13.7. The van der Waals surface area contributed by atoms with Gasteiger partial charge in [0.25, 0.3) is 10.1 Å². The first-order valence-corrected chi connectivity index (χ1v) is 6.55. The van der Waals surface area contributed by atoms with Gasteiger partial charge in [0, 0.05) is 0 Å². The normalized spacial score (nSPS) is 12.1. The van der Waals surface area contributed by atoms with Gasteiger partial charge in [-0.2, -0.15) is 13.7 Å². The second kappa shape index (κ2) is 4.86. The number of hydrogen-bond donors (Lipinski definition) is 0. The third-order valence-corrected chi connectivity index (χ3v) is 3.20. The van der Waals surface area contributed by atoms with Gasteiger partial charge in [-0.1, -0.05) is 20.8 Å². The van der Waals surface area contributed by atoms with Gasteiger partial charge in [0.05, 0.1) is 23.1 Å². The second-order valence-corrected chi connectivity index (χ2v) is 6.53. The number of hydrogen-bond acceptors (Lipinski definition) is 4. The molecule has 0 atom stereocenters. The monoisotopic (exact) mass is 253 g/mol. The minimum atomic E-state index is -3.73. The highest BCUT2D eigenvalue weighted by Crippen LogP contribution is 2.19. The molecule has 0 aliphatic rings. The average molecular weight is 253 g/mol. The van der Waals surface area contributed by atoms with Crippen LogP contribution in [0.15, 0.2) is 29.2 Å². The molecule has 0 bridgehead atoms. The van der Waals surface area contributed by atoms with Crippen molar-refractivity contribution < 1.29 is 12.6 Å². The highest BCUT2D eigenvalue weighted by molar-refractivity contribution is 7.86. The van der Waals surface area contributed by atoms with Crippen molar-refractivity contribution in [2.24, 2.45) is 5.41 Å². The molecule has 0 aliphatic carbocycles. The van der Waals surface area contributed by atoms with E-state index < -0.39 is 10.1 Å². The van der Waals surface area contributed by atoms with Gasteiger partial charge in [-0.25, -0.2) is 0 Å². The Balaban J connectivity index is 2.87. The minimum absolute atomic E-state index is 0.0701. The van der Waals surface area contributed by atoms with E-state index in [9.17, 15) is 8.42 Å². The van der Waals surface area contributed by atoms with Crippen LogP contribution in [-0.4, -0.2) is 15.0 Å².